The van der Waals surface area contributed by atoms with E-state index < -0.39 is 0 Å². The van der Waals surface area contributed by atoms with Crippen LogP contribution in [0.25, 0.3) is 0 Å². The van der Waals surface area contributed by atoms with Crippen molar-refractivity contribution in [2.75, 3.05) is 19.6 Å². The first-order chi connectivity index (χ1) is 11.4. The molecule has 2 amide bonds. The van der Waals surface area contributed by atoms with Crippen LogP contribution in [0, 0.1) is 11.8 Å². The highest BCUT2D eigenvalue weighted by Crippen LogP contribution is 2.32. The zero-order valence-electron chi connectivity index (χ0n) is 14.3. The Bertz CT molecular complexity index is 611. The average Bonchev–Trinajstić information content (AvgIpc) is 3.28. The van der Waals surface area contributed by atoms with E-state index in [4.69, 9.17) is 11.6 Å². The van der Waals surface area contributed by atoms with Gasteiger partial charge in [-0.05, 0) is 24.7 Å². The van der Waals surface area contributed by atoms with E-state index in [-0.39, 0.29) is 24.4 Å². The summed E-state index contributed by atoms with van der Waals surface area (Å²) < 4.78 is 1.55. The fourth-order valence-electron chi connectivity index (χ4n) is 3.25. The van der Waals surface area contributed by atoms with Crippen molar-refractivity contribution in [3.8, 4) is 0 Å². The van der Waals surface area contributed by atoms with Gasteiger partial charge in [0.05, 0.1) is 17.3 Å². The van der Waals surface area contributed by atoms with Gasteiger partial charge in [-0.2, -0.15) is 5.10 Å². The molecule has 2 heterocycles. The van der Waals surface area contributed by atoms with E-state index >= 15 is 0 Å². The van der Waals surface area contributed by atoms with Crippen molar-refractivity contribution in [1.29, 1.82) is 0 Å². The molecule has 0 radical (unpaired) electrons. The number of aromatic nitrogens is 2. The van der Waals surface area contributed by atoms with Crippen molar-refractivity contribution < 1.29 is 9.59 Å². The Morgan fingerprint density at radius 1 is 1.42 bits per heavy atom. The van der Waals surface area contributed by atoms with Crippen LogP contribution in [0.15, 0.2) is 12.4 Å². The Morgan fingerprint density at radius 3 is 2.75 bits per heavy atom. The van der Waals surface area contributed by atoms with Crippen LogP contribution >= 0.6 is 11.6 Å². The highest BCUT2D eigenvalue weighted by molar-refractivity contribution is 6.30. The molecule has 3 rings (SSSR count). The van der Waals surface area contributed by atoms with Crippen molar-refractivity contribution in [2.24, 2.45) is 11.8 Å². The molecular weight excluding hydrogens is 328 g/mol. The molecule has 0 spiro atoms. The molecule has 1 aromatic heterocycles. The van der Waals surface area contributed by atoms with Crippen molar-refractivity contribution in [1.82, 2.24) is 19.6 Å². The van der Waals surface area contributed by atoms with Crippen LogP contribution in [0.3, 0.4) is 0 Å². The zero-order valence-corrected chi connectivity index (χ0v) is 15.1. The summed E-state index contributed by atoms with van der Waals surface area (Å²) in [6.45, 7) is 6.34. The highest BCUT2D eigenvalue weighted by Gasteiger charge is 2.36. The topological polar surface area (TPSA) is 58.4 Å². The molecule has 7 heteroatoms. The Kier molecular flexibility index (Phi) is 5.13. The second-order valence-corrected chi connectivity index (χ2v) is 7.68. The van der Waals surface area contributed by atoms with E-state index in [1.165, 1.54) is 19.0 Å². The quantitative estimate of drug-likeness (QED) is 0.814. The summed E-state index contributed by atoms with van der Waals surface area (Å²) in [4.78, 5) is 29.1. The molecule has 1 atom stereocenters. The van der Waals surface area contributed by atoms with Gasteiger partial charge >= 0.3 is 0 Å². The normalized spacial score (nSPS) is 22.2. The van der Waals surface area contributed by atoms with Gasteiger partial charge in [0.1, 0.15) is 6.54 Å². The predicted molar refractivity (Wildman–Crippen MR) is 91.5 cm³/mol. The van der Waals surface area contributed by atoms with Gasteiger partial charge in [-0.1, -0.05) is 25.4 Å². The molecule has 0 unspecified atom stereocenters. The van der Waals surface area contributed by atoms with Crippen LogP contribution in [0.1, 0.15) is 33.1 Å². The Labute approximate surface area is 147 Å². The van der Waals surface area contributed by atoms with Gasteiger partial charge in [0, 0.05) is 32.3 Å². The molecule has 24 heavy (non-hydrogen) atoms. The van der Waals surface area contributed by atoms with Crippen LogP contribution < -0.4 is 0 Å². The largest absolute Gasteiger partial charge is 0.338 e. The molecule has 1 saturated carbocycles. The fraction of sp³-hybridized carbons (Fsp3) is 0.706. The summed E-state index contributed by atoms with van der Waals surface area (Å²) in [5.74, 6) is 1.14. The standard InChI is InChI=1S/C17H25ClN4O2/c1-12(2)15-10-20(17(24)11-21-9-14(18)7-19-21)6-5-16(23)22(15)8-13-3-4-13/h7,9,12-13,15H,3-6,8,10-11H2,1-2H3/t15-/m0/s1. The number of nitrogens with zero attached hydrogens (tertiary/aromatic N) is 4. The zero-order chi connectivity index (χ0) is 17.3. The van der Waals surface area contributed by atoms with E-state index in [1.807, 2.05) is 9.80 Å². The molecule has 2 fully saturated rings. The third-order valence-electron chi connectivity index (χ3n) is 4.90. The van der Waals surface area contributed by atoms with E-state index in [1.54, 1.807) is 10.9 Å². The molecule has 132 valence electrons. The van der Waals surface area contributed by atoms with Crippen LogP contribution in [-0.2, 0) is 16.1 Å². The van der Waals surface area contributed by atoms with Gasteiger partial charge < -0.3 is 9.80 Å². The van der Waals surface area contributed by atoms with Gasteiger partial charge in [-0.15, -0.1) is 0 Å². The number of amides is 2. The lowest BCUT2D eigenvalue weighted by Crippen LogP contribution is -2.48. The molecule has 1 aromatic rings. The lowest BCUT2D eigenvalue weighted by atomic mass is 10.0. The molecule has 0 N–H and O–H groups in total. The van der Waals surface area contributed by atoms with Gasteiger partial charge in [0.2, 0.25) is 11.8 Å². The number of rotatable bonds is 5. The fourth-order valence-corrected chi connectivity index (χ4v) is 3.41. The third kappa shape index (κ3) is 4.09. The number of carbonyl (C=O) groups excluding carboxylic acids is 2. The molecule has 1 aliphatic carbocycles. The molecule has 0 aromatic carbocycles. The monoisotopic (exact) mass is 352 g/mol. The molecule has 6 nitrogen and oxygen atoms in total. The summed E-state index contributed by atoms with van der Waals surface area (Å²) in [7, 11) is 0. The van der Waals surface area contributed by atoms with E-state index in [9.17, 15) is 9.59 Å². The first-order valence-corrected chi connectivity index (χ1v) is 9.07. The molecule has 0 bridgehead atoms. The Balaban J connectivity index is 1.70. The van der Waals surface area contributed by atoms with Gasteiger partial charge in [0.25, 0.3) is 0 Å². The maximum Gasteiger partial charge on any atom is 0.244 e. The summed E-state index contributed by atoms with van der Waals surface area (Å²) in [6.07, 6.45) is 6.01. The minimum absolute atomic E-state index is 0.0125. The minimum atomic E-state index is -0.0125. The SMILES string of the molecule is CC(C)[C@@H]1CN(C(=O)Cn2cc(Cl)cn2)CCC(=O)N1CC1CC1. The van der Waals surface area contributed by atoms with Gasteiger partial charge in [-0.25, -0.2) is 0 Å². The Hall–Kier alpha value is -1.56. The van der Waals surface area contributed by atoms with Gasteiger partial charge in [-0.3, -0.25) is 14.3 Å². The maximum absolute atomic E-state index is 12.6. The summed E-state index contributed by atoms with van der Waals surface area (Å²) >= 11 is 5.85. The van der Waals surface area contributed by atoms with E-state index in [2.05, 4.69) is 18.9 Å². The van der Waals surface area contributed by atoms with Crippen molar-refractivity contribution in [3.05, 3.63) is 17.4 Å². The smallest absolute Gasteiger partial charge is 0.244 e. The van der Waals surface area contributed by atoms with Crippen molar-refractivity contribution in [2.45, 2.75) is 45.7 Å². The van der Waals surface area contributed by atoms with E-state index in [0.717, 1.165) is 6.54 Å². The number of hydrogen-bond acceptors (Lipinski definition) is 3. The number of hydrogen-bond donors (Lipinski definition) is 0. The average molecular weight is 353 g/mol. The number of halogens is 1. The summed E-state index contributed by atoms with van der Waals surface area (Å²) in [5, 5.41) is 4.58. The molecule has 2 aliphatic rings. The molecule has 1 aliphatic heterocycles. The molecular formula is C17H25ClN4O2. The highest BCUT2D eigenvalue weighted by atomic mass is 35.5. The first kappa shape index (κ1) is 17.3. The summed E-state index contributed by atoms with van der Waals surface area (Å²) in [6, 6.07) is 0.0887. The maximum atomic E-state index is 12.6. The van der Waals surface area contributed by atoms with E-state index in [0.29, 0.717) is 36.4 Å². The lowest BCUT2D eigenvalue weighted by molar-refractivity contribution is -0.134. The number of carbonyl (C=O) groups is 2. The molecule has 1 saturated heterocycles. The van der Waals surface area contributed by atoms with Crippen LogP contribution in [0.5, 0.6) is 0 Å². The summed E-state index contributed by atoms with van der Waals surface area (Å²) in [5.41, 5.74) is 0. The third-order valence-corrected chi connectivity index (χ3v) is 5.09. The van der Waals surface area contributed by atoms with Crippen LogP contribution in [0.2, 0.25) is 5.02 Å². The lowest BCUT2D eigenvalue weighted by Gasteiger charge is -2.34. The van der Waals surface area contributed by atoms with Gasteiger partial charge in [0.15, 0.2) is 0 Å². The minimum Gasteiger partial charge on any atom is -0.338 e. The van der Waals surface area contributed by atoms with Crippen molar-refractivity contribution >= 4 is 23.4 Å². The second kappa shape index (κ2) is 7.13. The van der Waals surface area contributed by atoms with Crippen LogP contribution in [0.4, 0.5) is 0 Å². The Morgan fingerprint density at radius 2 is 2.17 bits per heavy atom. The first-order valence-electron chi connectivity index (χ1n) is 8.69. The van der Waals surface area contributed by atoms with Crippen molar-refractivity contribution in [3.63, 3.8) is 0 Å². The predicted octanol–water partition coefficient (Wildman–Crippen LogP) is 2.03. The second-order valence-electron chi connectivity index (χ2n) is 7.25. The van der Waals surface area contributed by atoms with Crippen LogP contribution in [-0.4, -0.2) is 57.1 Å².